The van der Waals surface area contributed by atoms with Gasteiger partial charge in [-0.25, -0.2) is 4.39 Å². The van der Waals surface area contributed by atoms with Crippen LogP contribution in [-0.4, -0.2) is 10.9 Å². The Labute approximate surface area is 181 Å². The van der Waals surface area contributed by atoms with Gasteiger partial charge in [-0.1, -0.05) is 49.7 Å². The minimum absolute atomic E-state index is 0.0259. The zero-order valence-corrected chi connectivity index (χ0v) is 17.6. The zero-order chi connectivity index (χ0) is 22.4. The second-order valence-corrected chi connectivity index (χ2v) is 7.37. The summed E-state index contributed by atoms with van der Waals surface area (Å²) in [5.41, 5.74) is 3.11. The van der Waals surface area contributed by atoms with E-state index in [1.807, 2.05) is 13.0 Å². The van der Waals surface area contributed by atoms with Crippen LogP contribution in [0.25, 0.3) is 0 Å². The molecule has 0 saturated carbocycles. The van der Waals surface area contributed by atoms with E-state index in [1.165, 1.54) is 6.92 Å². The average molecular weight is 417 g/mol. The molecule has 31 heavy (non-hydrogen) atoms. The number of phenols is 1. The van der Waals surface area contributed by atoms with Crippen molar-refractivity contribution in [3.63, 3.8) is 0 Å². The number of hydrogen-bond donors (Lipinski definition) is 1. The van der Waals surface area contributed by atoms with E-state index in [0.717, 1.165) is 12.0 Å². The van der Waals surface area contributed by atoms with Gasteiger partial charge in [0, 0.05) is 5.56 Å². The Kier molecular flexibility index (Phi) is 7.04. The maximum atomic E-state index is 14.9. The molecule has 0 heterocycles. The second-order valence-electron chi connectivity index (χ2n) is 7.37. The van der Waals surface area contributed by atoms with Gasteiger partial charge in [0.05, 0.1) is 17.2 Å². The largest absolute Gasteiger partial charge is 0.507 e. The maximum Gasteiger partial charge on any atom is 0.163 e. The highest BCUT2D eigenvalue weighted by Crippen LogP contribution is 2.33. The van der Waals surface area contributed by atoms with Crippen LogP contribution in [0.2, 0.25) is 0 Å². The van der Waals surface area contributed by atoms with Gasteiger partial charge in [0.15, 0.2) is 12.0 Å². The van der Waals surface area contributed by atoms with E-state index < -0.39 is 6.17 Å². The molecule has 0 radical (unpaired) electrons. The van der Waals surface area contributed by atoms with E-state index >= 15 is 0 Å². The molecule has 0 bridgehead atoms. The van der Waals surface area contributed by atoms with Gasteiger partial charge in [0.1, 0.15) is 18.1 Å². The van der Waals surface area contributed by atoms with Crippen molar-refractivity contribution in [1.82, 2.24) is 0 Å². The SMILES string of the molecule is CCCc1c(OCc2ccc(C(F)c3cccc(C#N)c3)cc2)ccc(C(C)=O)c1O. The van der Waals surface area contributed by atoms with Gasteiger partial charge in [-0.15, -0.1) is 0 Å². The highest BCUT2D eigenvalue weighted by Gasteiger charge is 2.16. The number of aromatic hydroxyl groups is 1. The van der Waals surface area contributed by atoms with E-state index in [1.54, 1.807) is 60.7 Å². The maximum absolute atomic E-state index is 14.9. The number of rotatable bonds is 8. The first-order chi connectivity index (χ1) is 14.9. The van der Waals surface area contributed by atoms with Gasteiger partial charge in [-0.3, -0.25) is 4.79 Å². The number of halogens is 1. The topological polar surface area (TPSA) is 70.3 Å². The van der Waals surface area contributed by atoms with E-state index in [2.05, 4.69) is 0 Å². The number of nitriles is 1. The Hall–Kier alpha value is -3.65. The van der Waals surface area contributed by atoms with Crippen LogP contribution in [0.15, 0.2) is 60.7 Å². The Morgan fingerprint density at radius 2 is 1.87 bits per heavy atom. The first-order valence-electron chi connectivity index (χ1n) is 10.2. The molecule has 0 aliphatic carbocycles. The molecule has 0 aromatic heterocycles. The van der Waals surface area contributed by atoms with Crippen LogP contribution in [0.5, 0.6) is 11.5 Å². The summed E-state index contributed by atoms with van der Waals surface area (Å²) >= 11 is 0. The van der Waals surface area contributed by atoms with Gasteiger partial charge < -0.3 is 9.84 Å². The number of ether oxygens (including phenoxy) is 1. The number of benzene rings is 3. The van der Waals surface area contributed by atoms with Crippen LogP contribution in [-0.2, 0) is 13.0 Å². The van der Waals surface area contributed by atoms with Crippen molar-refractivity contribution < 1.29 is 19.0 Å². The first-order valence-corrected chi connectivity index (χ1v) is 10.2. The molecule has 0 fully saturated rings. The third-order valence-electron chi connectivity index (χ3n) is 5.09. The van der Waals surface area contributed by atoms with Crippen LogP contribution < -0.4 is 4.74 Å². The highest BCUT2D eigenvalue weighted by atomic mass is 19.1. The predicted molar refractivity (Wildman–Crippen MR) is 117 cm³/mol. The molecule has 3 aromatic rings. The molecule has 1 unspecified atom stereocenters. The molecule has 5 heteroatoms. The zero-order valence-electron chi connectivity index (χ0n) is 17.6. The fraction of sp³-hybridized carbons (Fsp3) is 0.231. The number of phenolic OH excluding ortho intramolecular Hbond substituents is 1. The minimum atomic E-state index is -1.32. The molecule has 0 saturated heterocycles. The van der Waals surface area contributed by atoms with Crippen molar-refractivity contribution in [3.05, 3.63) is 94.0 Å². The number of carbonyl (C=O) groups excluding carboxylic acids is 1. The van der Waals surface area contributed by atoms with Gasteiger partial charge >= 0.3 is 0 Å². The lowest BCUT2D eigenvalue weighted by atomic mass is 10.00. The monoisotopic (exact) mass is 417 g/mol. The summed E-state index contributed by atoms with van der Waals surface area (Å²) in [6, 6.07) is 18.8. The highest BCUT2D eigenvalue weighted by molar-refractivity contribution is 5.97. The van der Waals surface area contributed by atoms with Crippen molar-refractivity contribution in [2.75, 3.05) is 0 Å². The fourth-order valence-corrected chi connectivity index (χ4v) is 3.43. The Bertz CT molecular complexity index is 1120. The number of Topliss-reactive ketones (excluding diaryl/α,β-unsaturated/α-hetero) is 1. The lowest BCUT2D eigenvalue weighted by Crippen LogP contribution is -2.03. The summed E-state index contributed by atoms with van der Waals surface area (Å²) in [6.45, 7) is 3.65. The summed E-state index contributed by atoms with van der Waals surface area (Å²) in [7, 11) is 0. The van der Waals surface area contributed by atoms with Crippen molar-refractivity contribution in [3.8, 4) is 17.6 Å². The summed E-state index contributed by atoms with van der Waals surface area (Å²) in [4.78, 5) is 11.7. The third-order valence-corrected chi connectivity index (χ3v) is 5.09. The van der Waals surface area contributed by atoms with E-state index in [9.17, 15) is 14.3 Å². The quantitative estimate of drug-likeness (QED) is 0.453. The van der Waals surface area contributed by atoms with Crippen LogP contribution in [0.4, 0.5) is 4.39 Å². The Morgan fingerprint density at radius 1 is 1.13 bits per heavy atom. The number of alkyl halides is 1. The van der Waals surface area contributed by atoms with Gasteiger partial charge in [0.2, 0.25) is 0 Å². The first kappa shape index (κ1) is 22.0. The molecule has 0 aliphatic rings. The molecule has 0 amide bonds. The van der Waals surface area contributed by atoms with Gasteiger partial charge in [-0.05, 0) is 54.3 Å². The van der Waals surface area contributed by atoms with Crippen molar-refractivity contribution in [1.29, 1.82) is 5.26 Å². The lowest BCUT2D eigenvalue weighted by molar-refractivity contribution is 0.101. The van der Waals surface area contributed by atoms with Gasteiger partial charge in [-0.2, -0.15) is 5.26 Å². The predicted octanol–water partition coefficient (Wildman–Crippen LogP) is 6.06. The molecular formula is C26H24FNO3. The molecule has 158 valence electrons. The number of nitrogens with zero attached hydrogens (tertiary/aromatic N) is 1. The van der Waals surface area contributed by atoms with Crippen LogP contribution >= 0.6 is 0 Å². The molecule has 3 rings (SSSR count). The smallest absolute Gasteiger partial charge is 0.163 e. The van der Waals surface area contributed by atoms with Crippen LogP contribution in [0.1, 0.15) is 64.6 Å². The van der Waals surface area contributed by atoms with Crippen LogP contribution in [0, 0.1) is 11.3 Å². The summed E-state index contributed by atoms with van der Waals surface area (Å²) < 4.78 is 20.8. The molecule has 3 aromatic carbocycles. The van der Waals surface area contributed by atoms with Crippen molar-refractivity contribution >= 4 is 5.78 Å². The molecule has 0 aliphatic heterocycles. The molecule has 1 atom stereocenters. The summed E-state index contributed by atoms with van der Waals surface area (Å²) in [5, 5.41) is 19.4. The van der Waals surface area contributed by atoms with Crippen molar-refractivity contribution in [2.45, 2.75) is 39.5 Å². The second kappa shape index (κ2) is 9.90. The normalized spacial score (nSPS) is 11.5. The molecule has 4 nitrogen and oxygen atoms in total. The molecular weight excluding hydrogens is 393 g/mol. The van der Waals surface area contributed by atoms with E-state index in [-0.39, 0.29) is 23.7 Å². The molecule has 0 spiro atoms. The number of carbonyl (C=O) groups is 1. The minimum Gasteiger partial charge on any atom is -0.507 e. The third kappa shape index (κ3) is 5.10. The summed E-state index contributed by atoms with van der Waals surface area (Å²) in [6.07, 6.45) is 0.0627. The number of ketones is 1. The van der Waals surface area contributed by atoms with Crippen molar-refractivity contribution in [2.24, 2.45) is 0 Å². The standard InChI is InChI=1S/C26H24FNO3/c1-3-5-23-24(13-12-22(17(2)29)26(23)30)31-16-18-8-10-20(11-9-18)25(27)21-7-4-6-19(14-21)15-28/h4,6-14,25,30H,3,5,16H2,1-2H3. The lowest BCUT2D eigenvalue weighted by Gasteiger charge is -2.15. The van der Waals surface area contributed by atoms with E-state index in [4.69, 9.17) is 10.00 Å². The average Bonchev–Trinajstić information content (AvgIpc) is 2.79. The fourth-order valence-electron chi connectivity index (χ4n) is 3.43. The number of hydrogen-bond acceptors (Lipinski definition) is 4. The van der Waals surface area contributed by atoms with Crippen LogP contribution in [0.3, 0.4) is 0 Å². The molecule has 1 N–H and O–H groups in total. The van der Waals surface area contributed by atoms with E-state index in [0.29, 0.717) is 34.4 Å². The Morgan fingerprint density at radius 3 is 2.52 bits per heavy atom. The van der Waals surface area contributed by atoms with Gasteiger partial charge in [0.25, 0.3) is 0 Å². The summed E-state index contributed by atoms with van der Waals surface area (Å²) in [5.74, 6) is 0.310. The Balaban J connectivity index is 1.74.